The van der Waals surface area contributed by atoms with E-state index in [9.17, 15) is 33.9 Å². The molecule has 0 spiro atoms. The van der Waals surface area contributed by atoms with Crippen LogP contribution >= 0.6 is 0 Å². The number of likely N-dealkylation sites (N-methyl/N-ethyl adjacent to an activating group) is 1. The van der Waals surface area contributed by atoms with Crippen molar-refractivity contribution in [2.75, 3.05) is 33.9 Å². The van der Waals surface area contributed by atoms with Crippen molar-refractivity contribution in [3.63, 3.8) is 0 Å². The van der Waals surface area contributed by atoms with E-state index in [-0.39, 0.29) is 49.9 Å². The second kappa shape index (κ2) is 19.7. The molecule has 0 aromatic heterocycles. The van der Waals surface area contributed by atoms with Gasteiger partial charge in [-0.2, -0.15) is 0 Å². The molecule has 2 fully saturated rings. The van der Waals surface area contributed by atoms with E-state index in [4.69, 9.17) is 4.74 Å². The monoisotopic (exact) mass is 891 g/mol. The van der Waals surface area contributed by atoms with Crippen molar-refractivity contribution in [3.8, 4) is 0 Å². The van der Waals surface area contributed by atoms with Gasteiger partial charge in [0.2, 0.25) is 29.5 Å². The number of rotatable bonds is 15. The van der Waals surface area contributed by atoms with E-state index in [0.717, 1.165) is 52.0 Å². The topological polar surface area (TPSA) is 190 Å². The van der Waals surface area contributed by atoms with Gasteiger partial charge in [-0.3, -0.25) is 28.9 Å². The van der Waals surface area contributed by atoms with Crippen LogP contribution in [0.25, 0.3) is 0 Å². The Morgan fingerprint density at radius 1 is 0.923 bits per heavy atom. The number of carboxylic acid groups (broad SMARTS) is 1. The van der Waals surface area contributed by atoms with Crippen molar-refractivity contribution in [1.82, 2.24) is 36.0 Å². The molecule has 65 heavy (non-hydrogen) atoms. The molecule has 2 aliphatic carbocycles. The first-order chi connectivity index (χ1) is 31.0. The highest BCUT2D eigenvalue weighted by Crippen LogP contribution is 2.48. The Kier molecular flexibility index (Phi) is 14.3. The number of hydrogen-bond acceptors (Lipinski definition) is 8. The Morgan fingerprint density at radius 3 is 2.25 bits per heavy atom. The van der Waals surface area contributed by atoms with Crippen LogP contribution < -0.4 is 21.3 Å². The third-order valence-electron chi connectivity index (χ3n) is 13.9. The van der Waals surface area contributed by atoms with Gasteiger partial charge in [-0.05, 0) is 85.1 Å². The molecule has 1 saturated carbocycles. The molecule has 5 N–H and O–H groups in total. The number of aryl methyl sites for hydroxylation is 1. The largest absolute Gasteiger partial charge is 0.465 e. The Bertz CT molecular complexity index is 2240. The van der Waals surface area contributed by atoms with Crippen molar-refractivity contribution >= 4 is 35.6 Å². The van der Waals surface area contributed by atoms with Crippen LogP contribution in [0, 0.1) is 10.8 Å². The number of carbonyl (C=O) groups is 6. The molecule has 0 radical (unpaired) electrons. The summed E-state index contributed by atoms with van der Waals surface area (Å²) in [5, 5.41) is 22.3. The van der Waals surface area contributed by atoms with Gasteiger partial charge >= 0.3 is 6.09 Å². The molecular formula is C50H65N7O8. The van der Waals surface area contributed by atoms with E-state index >= 15 is 0 Å². The lowest BCUT2D eigenvalue weighted by molar-refractivity contribution is -0.144. The molecule has 0 bridgehead atoms. The molecule has 2 heterocycles. The van der Waals surface area contributed by atoms with Crippen LogP contribution in [-0.2, 0) is 48.1 Å². The maximum atomic E-state index is 14.8. The molecule has 15 heteroatoms. The van der Waals surface area contributed by atoms with Crippen molar-refractivity contribution in [2.24, 2.45) is 10.8 Å². The molecule has 6 amide bonds. The lowest BCUT2D eigenvalue weighted by Gasteiger charge is -2.38. The number of nitrogens with zero attached hydrogens (tertiary/aromatic N) is 3. The van der Waals surface area contributed by atoms with E-state index in [2.05, 4.69) is 33.4 Å². The summed E-state index contributed by atoms with van der Waals surface area (Å²) in [6, 6.07) is 20.7. The van der Waals surface area contributed by atoms with Crippen LogP contribution in [0.3, 0.4) is 0 Å². The van der Waals surface area contributed by atoms with Gasteiger partial charge < -0.3 is 40.9 Å². The molecule has 7 rings (SSSR count). The SMILES string of the molecule is COC[C@H](c1ccccc1)N(CC1(C(=O)N[C@H]2C[C@@H](C(=O)N[C@@H]3CCCc4ccccc43)N(C(=O)[C@@H](NC(=O)[C@H](C)N(C)C(=O)O)C(C)(C)C)C2)CC1)C(=O)[C@@H]1Cc2ccccc2CN1. The number of amides is 6. The molecule has 3 aromatic rings. The third-order valence-corrected chi connectivity index (χ3v) is 13.9. The maximum Gasteiger partial charge on any atom is 0.407 e. The van der Waals surface area contributed by atoms with Crippen LogP contribution in [0.4, 0.5) is 4.79 Å². The summed E-state index contributed by atoms with van der Waals surface area (Å²) in [4.78, 5) is 88.3. The van der Waals surface area contributed by atoms with Gasteiger partial charge in [0.15, 0.2) is 0 Å². The summed E-state index contributed by atoms with van der Waals surface area (Å²) in [6.45, 7) is 7.73. The first-order valence-corrected chi connectivity index (χ1v) is 22.9. The van der Waals surface area contributed by atoms with E-state index in [0.29, 0.717) is 25.8 Å². The highest BCUT2D eigenvalue weighted by Gasteiger charge is 2.54. The van der Waals surface area contributed by atoms with Crippen molar-refractivity contribution in [3.05, 3.63) is 107 Å². The molecule has 0 unspecified atom stereocenters. The van der Waals surface area contributed by atoms with Crippen molar-refractivity contribution in [1.29, 1.82) is 0 Å². The lowest BCUT2D eigenvalue weighted by Crippen LogP contribution is -2.60. The second-order valence-corrected chi connectivity index (χ2v) is 19.5. The normalized spacial score (nSPS) is 22.2. The van der Waals surface area contributed by atoms with Crippen molar-refractivity contribution < 1.29 is 38.6 Å². The fourth-order valence-electron chi connectivity index (χ4n) is 9.67. The standard InChI is InChI=1S/C50H65N7O8/c1-31(55(5)48(63)64)43(58)54-42(49(2,3)4)46(61)56-28-36(26-40(56)44(59)53-38-22-14-20-32-15-12-13-21-37(32)38)52-47(62)50(23-24-50)30-57(41(29-65-6)33-16-8-7-9-17-33)45(60)39-25-34-18-10-11-19-35(34)27-51-39/h7-13,15-19,21,31,36,38-42,51H,14,20,22-30H2,1-6H3,(H,52,62)(H,53,59)(H,54,58)(H,63,64)/t31-,36-,38+,39-,40-,41+,42+/m0/s1. The molecule has 3 aromatic carbocycles. The molecule has 4 aliphatic rings. The Balaban J connectivity index is 1.14. The van der Waals surface area contributed by atoms with Gasteiger partial charge in [-0.25, -0.2) is 4.79 Å². The smallest absolute Gasteiger partial charge is 0.407 e. The second-order valence-electron chi connectivity index (χ2n) is 19.5. The number of ether oxygens (including phenoxy) is 1. The van der Waals surface area contributed by atoms with Gasteiger partial charge in [0, 0.05) is 39.8 Å². The highest BCUT2D eigenvalue weighted by atomic mass is 16.5. The van der Waals surface area contributed by atoms with Gasteiger partial charge in [0.1, 0.15) is 18.1 Å². The predicted molar refractivity (Wildman–Crippen MR) is 244 cm³/mol. The number of nitrogens with one attached hydrogen (secondary N) is 4. The van der Waals surface area contributed by atoms with Crippen LogP contribution in [-0.4, -0.2) is 119 Å². The lowest BCUT2D eigenvalue weighted by atomic mass is 9.85. The van der Waals surface area contributed by atoms with Crippen molar-refractivity contribution in [2.45, 2.75) is 121 Å². The fourth-order valence-corrected chi connectivity index (χ4v) is 9.67. The van der Waals surface area contributed by atoms with Crippen LogP contribution in [0.1, 0.15) is 99.7 Å². The molecule has 7 atom stereocenters. The first kappa shape index (κ1) is 47.2. The third kappa shape index (κ3) is 10.5. The van der Waals surface area contributed by atoms with Gasteiger partial charge in [0.05, 0.1) is 30.1 Å². The zero-order valence-electron chi connectivity index (χ0n) is 38.5. The fraction of sp³-hybridized carbons (Fsp3) is 0.520. The Hall–Kier alpha value is -5.80. The number of fused-ring (bicyclic) bond motifs is 2. The zero-order chi connectivity index (χ0) is 46.6. The molecule has 348 valence electrons. The average molecular weight is 892 g/mol. The van der Waals surface area contributed by atoms with Crippen LogP contribution in [0.5, 0.6) is 0 Å². The summed E-state index contributed by atoms with van der Waals surface area (Å²) in [5.41, 5.74) is 3.57. The highest BCUT2D eigenvalue weighted by molar-refractivity contribution is 5.95. The summed E-state index contributed by atoms with van der Waals surface area (Å²) >= 11 is 0. The average Bonchev–Trinajstić information content (AvgIpc) is 3.98. The van der Waals surface area contributed by atoms with E-state index in [1.165, 1.54) is 18.9 Å². The molecular weight excluding hydrogens is 827 g/mol. The quantitative estimate of drug-likeness (QED) is 0.146. The summed E-state index contributed by atoms with van der Waals surface area (Å²) in [5.74, 6) is -1.91. The summed E-state index contributed by atoms with van der Waals surface area (Å²) in [6.07, 6.45) is 2.94. The first-order valence-electron chi connectivity index (χ1n) is 22.9. The minimum absolute atomic E-state index is 0.00259. The van der Waals surface area contributed by atoms with E-state index in [1.807, 2.05) is 66.7 Å². The molecule has 15 nitrogen and oxygen atoms in total. The predicted octanol–water partition coefficient (Wildman–Crippen LogP) is 4.51. The van der Waals surface area contributed by atoms with Gasteiger partial charge in [-0.1, -0.05) is 99.6 Å². The number of likely N-dealkylation sites (tertiary alicyclic amines) is 1. The van der Waals surface area contributed by atoms with Crippen LogP contribution in [0.15, 0.2) is 78.9 Å². The number of benzene rings is 3. The van der Waals surface area contributed by atoms with Crippen LogP contribution in [0.2, 0.25) is 0 Å². The van der Waals surface area contributed by atoms with Gasteiger partial charge in [0.25, 0.3) is 0 Å². The number of methoxy groups -OCH3 is 1. The van der Waals surface area contributed by atoms with E-state index < -0.39 is 65.0 Å². The minimum atomic E-state index is -1.29. The zero-order valence-corrected chi connectivity index (χ0v) is 38.5. The number of carbonyl (C=O) groups excluding carboxylic acids is 5. The minimum Gasteiger partial charge on any atom is -0.465 e. The van der Waals surface area contributed by atoms with E-state index in [1.54, 1.807) is 32.8 Å². The molecule has 2 aliphatic heterocycles. The summed E-state index contributed by atoms with van der Waals surface area (Å²) < 4.78 is 5.74. The maximum absolute atomic E-state index is 14.8. The Labute approximate surface area is 382 Å². The molecule has 1 saturated heterocycles. The van der Waals surface area contributed by atoms with Gasteiger partial charge in [-0.15, -0.1) is 0 Å². The number of hydrogen-bond donors (Lipinski definition) is 5. The Morgan fingerprint density at radius 2 is 1.58 bits per heavy atom. The summed E-state index contributed by atoms with van der Waals surface area (Å²) in [7, 11) is 2.88.